The molecule has 0 saturated heterocycles. The van der Waals surface area contributed by atoms with E-state index in [4.69, 9.17) is 9.72 Å². The minimum atomic E-state index is 0. The van der Waals surface area contributed by atoms with Crippen LogP contribution in [-0.4, -0.2) is 14.5 Å². The van der Waals surface area contributed by atoms with Gasteiger partial charge in [0, 0.05) is 45.7 Å². The number of aromatic nitrogens is 3. The number of benzene rings is 5. The van der Waals surface area contributed by atoms with Crippen LogP contribution in [0.2, 0.25) is 0 Å². The van der Waals surface area contributed by atoms with E-state index in [2.05, 4.69) is 121 Å². The van der Waals surface area contributed by atoms with Crippen LogP contribution in [0.15, 0.2) is 146 Å². The number of ether oxygens (including phenoxy) is 1. The normalized spacial score (nSPS) is 11.4. The average Bonchev–Trinajstić information content (AvgIpc) is 3.45. The third-order valence-electron chi connectivity index (χ3n) is 8.72. The monoisotopic (exact) mass is 814 g/mol. The summed E-state index contributed by atoms with van der Waals surface area (Å²) in [7, 11) is 0. The molecule has 0 saturated carbocycles. The molecule has 8 rings (SSSR count). The van der Waals surface area contributed by atoms with E-state index in [-0.39, 0.29) is 26.5 Å². The summed E-state index contributed by atoms with van der Waals surface area (Å²) >= 11 is 0. The molecule has 0 radical (unpaired) electrons. The van der Waals surface area contributed by atoms with E-state index in [0.717, 1.165) is 50.0 Å². The molecule has 4 nitrogen and oxygen atoms in total. The number of fused-ring (bicyclic) bond motifs is 3. The van der Waals surface area contributed by atoms with Crippen molar-refractivity contribution in [3.8, 4) is 50.8 Å². The fourth-order valence-corrected chi connectivity index (χ4v) is 6.27. The summed E-state index contributed by atoms with van der Waals surface area (Å²) in [6.45, 7) is 6.79. The summed E-state index contributed by atoms with van der Waals surface area (Å²) in [5.74, 6) is 1.19. The summed E-state index contributed by atoms with van der Waals surface area (Å²) in [4.78, 5) is 9.40. The van der Waals surface area contributed by atoms with Crippen LogP contribution in [-0.2, 0) is 26.5 Å². The molecule has 0 spiro atoms. The Morgan fingerprint density at radius 1 is 0.592 bits per heavy atom. The third kappa shape index (κ3) is 6.33. The maximum Gasteiger partial charge on any atom is 2.00 e. The quantitative estimate of drug-likeness (QED) is 0.157. The average molecular weight is 815 g/mol. The summed E-state index contributed by atoms with van der Waals surface area (Å²) in [5, 5.41) is 2.26. The Hall–Kier alpha value is -5.31. The van der Waals surface area contributed by atoms with Gasteiger partial charge in [0.2, 0.25) is 0 Å². The van der Waals surface area contributed by atoms with Gasteiger partial charge < -0.3 is 19.3 Å². The van der Waals surface area contributed by atoms with Crippen molar-refractivity contribution < 1.29 is 25.8 Å². The predicted octanol–water partition coefficient (Wildman–Crippen LogP) is 11.3. The van der Waals surface area contributed by atoms with Gasteiger partial charge in [-0.15, -0.1) is 47.5 Å². The molecule has 5 aromatic carbocycles. The van der Waals surface area contributed by atoms with Gasteiger partial charge in [-0.2, -0.15) is 0 Å². The van der Waals surface area contributed by atoms with Crippen LogP contribution in [0.5, 0.6) is 11.5 Å². The Balaban J connectivity index is 0.00000378. The van der Waals surface area contributed by atoms with Gasteiger partial charge >= 0.3 is 21.1 Å². The van der Waals surface area contributed by atoms with E-state index < -0.39 is 0 Å². The Morgan fingerprint density at radius 3 is 2.00 bits per heavy atom. The van der Waals surface area contributed by atoms with Crippen LogP contribution >= 0.6 is 0 Å². The minimum Gasteiger partial charge on any atom is -0.497 e. The largest absolute Gasteiger partial charge is 2.00 e. The molecule has 240 valence electrons. The molecule has 49 heavy (non-hydrogen) atoms. The van der Waals surface area contributed by atoms with Crippen molar-refractivity contribution in [2.24, 2.45) is 0 Å². The maximum atomic E-state index is 6.26. The predicted molar refractivity (Wildman–Crippen MR) is 196 cm³/mol. The van der Waals surface area contributed by atoms with E-state index in [9.17, 15) is 0 Å². The Morgan fingerprint density at radius 2 is 1.29 bits per heavy atom. The van der Waals surface area contributed by atoms with Gasteiger partial charge in [-0.3, -0.25) is 0 Å². The summed E-state index contributed by atoms with van der Waals surface area (Å²) < 4.78 is 8.64. The minimum absolute atomic E-state index is 0. The maximum absolute atomic E-state index is 6.26. The van der Waals surface area contributed by atoms with E-state index in [0.29, 0.717) is 11.5 Å². The fourth-order valence-electron chi connectivity index (χ4n) is 6.27. The van der Waals surface area contributed by atoms with E-state index in [1.807, 2.05) is 60.8 Å². The van der Waals surface area contributed by atoms with Gasteiger partial charge in [0.15, 0.2) is 0 Å². The molecule has 0 amide bonds. The van der Waals surface area contributed by atoms with Gasteiger partial charge in [0.25, 0.3) is 0 Å². The molecule has 3 heterocycles. The van der Waals surface area contributed by atoms with Crippen molar-refractivity contribution in [2.75, 3.05) is 0 Å². The van der Waals surface area contributed by atoms with Crippen molar-refractivity contribution in [2.45, 2.75) is 26.2 Å². The number of nitrogens with zero attached hydrogens (tertiary/aromatic N) is 3. The van der Waals surface area contributed by atoms with E-state index in [1.165, 1.54) is 16.7 Å². The molecule has 0 bridgehead atoms. The first kappa shape index (κ1) is 32.2. The Bertz CT molecular complexity index is 2410. The van der Waals surface area contributed by atoms with Crippen molar-refractivity contribution >= 4 is 21.8 Å². The molecule has 5 heteroatoms. The second-order valence-corrected chi connectivity index (χ2v) is 13.0. The number of hydrogen-bond acceptors (Lipinski definition) is 3. The zero-order valence-corrected chi connectivity index (χ0v) is 29.7. The molecule has 3 aromatic heterocycles. The van der Waals surface area contributed by atoms with Gasteiger partial charge in [-0.25, -0.2) is 0 Å². The molecule has 0 fully saturated rings. The molecule has 0 aliphatic heterocycles. The molecular weight excluding hydrogens is 782 g/mol. The molecule has 0 aliphatic rings. The van der Waals surface area contributed by atoms with E-state index >= 15 is 0 Å². The SMILES string of the molecule is CC(C)(C)c1ccc(-n2c3ccccc3c3cnc(-c4[c-]c(Oc5[c-]c(-c6ccccn6)ccc5)ccc4)cc32)c(-c2ccccc2)c1.[Pt+2]. The topological polar surface area (TPSA) is 39.9 Å². The van der Waals surface area contributed by atoms with Crippen LogP contribution in [0.3, 0.4) is 0 Å². The molecule has 0 aliphatic carbocycles. The number of para-hydroxylation sites is 1. The summed E-state index contributed by atoms with van der Waals surface area (Å²) in [6, 6.07) is 52.6. The molecule has 8 aromatic rings. The van der Waals surface area contributed by atoms with Crippen molar-refractivity contribution in [1.82, 2.24) is 14.5 Å². The van der Waals surface area contributed by atoms with Crippen molar-refractivity contribution in [3.05, 3.63) is 164 Å². The van der Waals surface area contributed by atoms with Crippen LogP contribution < -0.4 is 4.74 Å². The second-order valence-electron chi connectivity index (χ2n) is 13.0. The Labute approximate surface area is 301 Å². The molecule has 0 atom stereocenters. The van der Waals surface area contributed by atoms with Gasteiger partial charge in [-0.05, 0) is 52.2 Å². The van der Waals surface area contributed by atoms with Gasteiger partial charge in [0.05, 0.1) is 11.2 Å². The van der Waals surface area contributed by atoms with Crippen molar-refractivity contribution in [1.29, 1.82) is 0 Å². The van der Waals surface area contributed by atoms with Crippen molar-refractivity contribution in [3.63, 3.8) is 0 Å². The second kappa shape index (κ2) is 13.3. The van der Waals surface area contributed by atoms with Crippen LogP contribution in [0, 0.1) is 12.1 Å². The summed E-state index contributed by atoms with van der Waals surface area (Å²) in [6.07, 6.45) is 3.77. The first-order chi connectivity index (χ1) is 23.4. The number of rotatable bonds is 6. The van der Waals surface area contributed by atoms with Crippen LogP contribution in [0.25, 0.3) is 61.1 Å². The number of hydrogen-bond donors (Lipinski definition) is 0. The fraction of sp³-hybridized carbons (Fsp3) is 0.0909. The van der Waals surface area contributed by atoms with E-state index in [1.54, 1.807) is 6.20 Å². The first-order valence-corrected chi connectivity index (χ1v) is 16.2. The van der Waals surface area contributed by atoms with Gasteiger partial charge in [-0.1, -0.05) is 106 Å². The smallest absolute Gasteiger partial charge is 0.497 e. The third-order valence-corrected chi connectivity index (χ3v) is 8.72. The van der Waals surface area contributed by atoms with Crippen LogP contribution in [0.1, 0.15) is 26.3 Å². The first-order valence-electron chi connectivity index (χ1n) is 16.2. The molecular formula is C44H33N3OPt. The standard InChI is InChI=1S/C44H33N3O.Pt/c1-44(2,3)33-22-23-42(37(27-33)30-13-5-4-6-14-30)47-41-21-8-7-19-36(41)38-29-46-40(28-43(38)47)32-16-12-18-35(26-32)48-34-17-11-15-31(25-34)39-20-9-10-24-45-39;/h4-24,27-29H,1-3H3;/q-2;+2. The zero-order valence-electron chi connectivity index (χ0n) is 27.4. The molecule has 0 N–H and O–H groups in total. The Kier molecular flexibility index (Phi) is 8.75. The zero-order chi connectivity index (χ0) is 32.7. The number of pyridine rings is 2. The van der Waals surface area contributed by atoms with Gasteiger partial charge in [0.1, 0.15) is 0 Å². The summed E-state index contributed by atoms with van der Waals surface area (Å²) in [5.41, 5.74) is 10.4. The van der Waals surface area contributed by atoms with Crippen LogP contribution in [0.4, 0.5) is 0 Å². The molecule has 0 unspecified atom stereocenters.